The predicted octanol–water partition coefficient (Wildman–Crippen LogP) is 4.93. The first-order valence-electron chi connectivity index (χ1n) is 6.09. The van der Waals surface area contributed by atoms with E-state index >= 15 is 0 Å². The lowest BCUT2D eigenvalue weighted by Gasteiger charge is -2.10. The molecular weight excluding hydrogens is 312 g/mol. The van der Waals surface area contributed by atoms with Crippen molar-refractivity contribution in [2.45, 2.75) is 12.8 Å². The Hall–Kier alpha value is -1.89. The summed E-state index contributed by atoms with van der Waals surface area (Å²) < 4.78 is 13.6. The van der Waals surface area contributed by atoms with Crippen molar-refractivity contribution in [2.24, 2.45) is 0 Å². The zero-order valence-electron chi connectivity index (χ0n) is 11.0. The van der Waals surface area contributed by atoms with Crippen molar-refractivity contribution in [1.29, 1.82) is 5.26 Å². The number of hydrogen-bond acceptors (Lipinski definition) is 2. The number of halogens is 3. The van der Waals surface area contributed by atoms with E-state index in [9.17, 15) is 14.4 Å². The molecule has 0 amide bonds. The molecule has 5 heteroatoms. The molecule has 0 heterocycles. The second-order valence-corrected chi connectivity index (χ2v) is 5.38. The number of Topliss-reactive ketones (excluding diaryl/α,β-unsaturated/α-hetero) is 1. The van der Waals surface area contributed by atoms with Crippen LogP contribution in [0.5, 0.6) is 0 Å². The van der Waals surface area contributed by atoms with E-state index in [0.29, 0.717) is 16.1 Å². The Morgan fingerprint density at radius 1 is 1.19 bits per heavy atom. The molecule has 1 atom stereocenters. The van der Waals surface area contributed by atoms with Crippen LogP contribution in [0.15, 0.2) is 36.4 Å². The summed E-state index contributed by atoms with van der Waals surface area (Å²) in [5.41, 5.74) is 1.02. The average molecular weight is 322 g/mol. The fourth-order valence-corrected chi connectivity index (χ4v) is 2.20. The number of carbonyl (C=O) groups is 1. The van der Waals surface area contributed by atoms with Crippen LogP contribution in [-0.4, -0.2) is 5.78 Å². The van der Waals surface area contributed by atoms with Crippen LogP contribution in [0.1, 0.15) is 27.4 Å². The number of nitrogens with zero attached hydrogens (tertiary/aromatic N) is 1. The van der Waals surface area contributed by atoms with E-state index in [-0.39, 0.29) is 10.6 Å². The van der Waals surface area contributed by atoms with Crippen LogP contribution in [0.25, 0.3) is 0 Å². The van der Waals surface area contributed by atoms with Crippen molar-refractivity contribution >= 4 is 29.0 Å². The van der Waals surface area contributed by atoms with Gasteiger partial charge < -0.3 is 0 Å². The lowest BCUT2D eigenvalue weighted by Crippen LogP contribution is -2.11. The number of benzene rings is 2. The Balaban J connectivity index is 2.41. The minimum absolute atomic E-state index is 0.149. The molecule has 0 fully saturated rings. The van der Waals surface area contributed by atoms with E-state index in [2.05, 4.69) is 0 Å². The molecule has 21 heavy (non-hydrogen) atoms. The summed E-state index contributed by atoms with van der Waals surface area (Å²) in [6.07, 6.45) is 0. The first kappa shape index (κ1) is 15.5. The molecule has 2 aromatic carbocycles. The van der Waals surface area contributed by atoms with Crippen LogP contribution in [0.4, 0.5) is 4.39 Å². The molecule has 1 unspecified atom stereocenters. The highest BCUT2D eigenvalue weighted by Gasteiger charge is 2.23. The van der Waals surface area contributed by atoms with Gasteiger partial charge in [0.15, 0.2) is 5.78 Å². The molecule has 0 bridgehead atoms. The maximum Gasteiger partial charge on any atom is 0.184 e. The first-order valence-corrected chi connectivity index (χ1v) is 6.84. The lowest BCUT2D eigenvalue weighted by atomic mass is 9.91. The Labute approximate surface area is 131 Å². The Bertz CT molecular complexity index is 752. The summed E-state index contributed by atoms with van der Waals surface area (Å²) in [5.74, 6) is -2.01. The molecule has 0 saturated carbocycles. The Kier molecular flexibility index (Phi) is 4.62. The van der Waals surface area contributed by atoms with Crippen molar-refractivity contribution in [2.75, 3.05) is 0 Å². The number of aryl methyl sites for hydroxylation is 1. The summed E-state index contributed by atoms with van der Waals surface area (Å²) in [4.78, 5) is 12.4. The molecule has 0 aromatic heterocycles. The third-order valence-corrected chi connectivity index (χ3v) is 3.86. The molecule has 0 aliphatic heterocycles. The van der Waals surface area contributed by atoms with Gasteiger partial charge in [0.1, 0.15) is 11.7 Å². The van der Waals surface area contributed by atoms with Gasteiger partial charge in [-0.15, -0.1) is 0 Å². The van der Waals surface area contributed by atoms with Crippen molar-refractivity contribution in [3.63, 3.8) is 0 Å². The van der Waals surface area contributed by atoms with Crippen molar-refractivity contribution in [1.82, 2.24) is 0 Å². The number of carbonyl (C=O) groups excluding carboxylic acids is 1. The fraction of sp³-hybridized carbons (Fsp3) is 0.125. The normalized spacial score (nSPS) is 11.8. The van der Waals surface area contributed by atoms with Gasteiger partial charge >= 0.3 is 0 Å². The third-order valence-electron chi connectivity index (χ3n) is 3.12. The minimum Gasteiger partial charge on any atom is -0.292 e. The molecular formula is C16H10Cl2FNO. The topological polar surface area (TPSA) is 40.9 Å². The van der Waals surface area contributed by atoms with Crippen LogP contribution in [0.2, 0.25) is 10.0 Å². The average Bonchev–Trinajstić information content (AvgIpc) is 2.46. The molecule has 2 aromatic rings. The number of ketones is 1. The molecule has 0 aliphatic carbocycles. The maximum atomic E-state index is 13.6. The zero-order chi connectivity index (χ0) is 15.6. The Morgan fingerprint density at radius 3 is 2.48 bits per heavy atom. The largest absolute Gasteiger partial charge is 0.292 e. The standard InChI is InChI=1S/C16H10Cl2FNO/c1-9-2-3-11(7-15(9)19)16(21)12(8-20)10-4-5-13(17)14(18)6-10/h2-7,12H,1H3. The monoisotopic (exact) mass is 321 g/mol. The van der Waals surface area contributed by atoms with Crippen LogP contribution < -0.4 is 0 Å². The highest BCUT2D eigenvalue weighted by atomic mass is 35.5. The molecule has 0 saturated heterocycles. The number of rotatable bonds is 3. The lowest BCUT2D eigenvalue weighted by molar-refractivity contribution is 0.0978. The molecule has 0 radical (unpaired) electrons. The summed E-state index contributed by atoms with van der Waals surface area (Å²) in [6, 6.07) is 10.6. The first-order chi connectivity index (χ1) is 9.93. The van der Waals surface area contributed by atoms with Crippen LogP contribution in [-0.2, 0) is 0 Å². The molecule has 106 valence electrons. The van der Waals surface area contributed by atoms with Gasteiger partial charge in [0, 0.05) is 5.56 Å². The molecule has 0 N–H and O–H groups in total. The summed E-state index contributed by atoms with van der Waals surface area (Å²) in [5, 5.41) is 9.85. The van der Waals surface area contributed by atoms with Gasteiger partial charge in [-0.2, -0.15) is 5.26 Å². The highest BCUT2D eigenvalue weighted by Crippen LogP contribution is 2.28. The van der Waals surface area contributed by atoms with Crippen LogP contribution in [0, 0.1) is 24.1 Å². The second-order valence-electron chi connectivity index (χ2n) is 4.56. The quantitative estimate of drug-likeness (QED) is 0.752. The van der Waals surface area contributed by atoms with Crippen molar-refractivity contribution in [3.8, 4) is 6.07 Å². The zero-order valence-corrected chi connectivity index (χ0v) is 12.5. The highest BCUT2D eigenvalue weighted by molar-refractivity contribution is 6.42. The Morgan fingerprint density at radius 2 is 1.90 bits per heavy atom. The summed E-state index contributed by atoms with van der Waals surface area (Å²) >= 11 is 11.7. The van der Waals surface area contributed by atoms with E-state index in [1.54, 1.807) is 13.0 Å². The van der Waals surface area contributed by atoms with E-state index in [1.807, 2.05) is 6.07 Å². The predicted molar refractivity (Wildman–Crippen MR) is 80.3 cm³/mol. The van der Waals surface area contributed by atoms with Crippen molar-refractivity contribution in [3.05, 3.63) is 69.0 Å². The van der Waals surface area contributed by atoms with Gasteiger partial charge in [0.2, 0.25) is 0 Å². The number of nitriles is 1. The van der Waals surface area contributed by atoms with Gasteiger partial charge in [0.25, 0.3) is 0 Å². The molecule has 0 spiro atoms. The van der Waals surface area contributed by atoms with E-state index < -0.39 is 17.5 Å². The van der Waals surface area contributed by atoms with Crippen LogP contribution in [0.3, 0.4) is 0 Å². The van der Waals surface area contributed by atoms with Crippen molar-refractivity contribution < 1.29 is 9.18 Å². The van der Waals surface area contributed by atoms with Gasteiger partial charge in [-0.1, -0.05) is 41.4 Å². The SMILES string of the molecule is Cc1ccc(C(=O)C(C#N)c2ccc(Cl)c(Cl)c2)cc1F. The maximum absolute atomic E-state index is 13.6. The van der Waals surface area contributed by atoms with E-state index in [1.165, 1.54) is 24.3 Å². The fourth-order valence-electron chi connectivity index (χ4n) is 1.89. The molecule has 0 aliphatic rings. The summed E-state index contributed by atoms with van der Waals surface area (Å²) in [7, 11) is 0. The van der Waals surface area contributed by atoms with Gasteiger partial charge in [-0.05, 0) is 36.2 Å². The van der Waals surface area contributed by atoms with Gasteiger partial charge in [0.05, 0.1) is 16.1 Å². The summed E-state index contributed by atoms with van der Waals surface area (Å²) in [6.45, 7) is 1.60. The third kappa shape index (κ3) is 3.24. The van der Waals surface area contributed by atoms with E-state index in [0.717, 1.165) is 6.07 Å². The smallest absolute Gasteiger partial charge is 0.184 e. The van der Waals surface area contributed by atoms with Crippen LogP contribution >= 0.6 is 23.2 Å². The van der Waals surface area contributed by atoms with E-state index in [4.69, 9.17) is 23.2 Å². The number of hydrogen-bond donors (Lipinski definition) is 0. The molecule has 2 nitrogen and oxygen atoms in total. The molecule has 2 rings (SSSR count). The minimum atomic E-state index is -1.05. The second kappa shape index (κ2) is 6.26. The van der Waals surface area contributed by atoms with Gasteiger partial charge in [-0.25, -0.2) is 4.39 Å². The van der Waals surface area contributed by atoms with Gasteiger partial charge in [-0.3, -0.25) is 4.79 Å².